The number of unbranched alkanes of at least 4 members (excludes halogenated alkanes) is 2. The SMILES string of the molecule is CCCCN(CCCC)C1=C(CC(=O)c2ccccc2)c2ccccc2CC1. The molecule has 2 nitrogen and oxygen atoms in total. The average Bonchev–Trinajstić information content (AvgIpc) is 2.75. The highest BCUT2D eigenvalue weighted by Gasteiger charge is 2.24. The minimum atomic E-state index is 0.218. The summed E-state index contributed by atoms with van der Waals surface area (Å²) in [7, 11) is 0. The van der Waals surface area contributed by atoms with Crippen LogP contribution in [-0.4, -0.2) is 23.8 Å². The van der Waals surface area contributed by atoms with Crippen LogP contribution in [0.15, 0.2) is 60.3 Å². The molecule has 0 atom stereocenters. The normalized spacial score (nSPS) is 13.4. The van der Waals surface area contributed by atoms with Crippen LogP contribution < -0.4 is 0 Å². The van der Waals surface area contributed by atoms with E-state index in [0.717, 1.165) is 31.5 Å². The van der Waals surface area contributed by atoms with E-state index in [2.05, 4.69) is 43.0 Å². The van der Waals surface area contributed by atoms with Gasteiger partial charge < -0.3 is 4.90 Å². The first-order valence-corrected chi connectivity index (χ1v) is 10.9. The number of aryl methyl sites for hydroxylation is 1. The van der Waals surface area contributed by atoms with Crippen molar-refractivity contribution in [3.8, 4) is 0 Å². The third-order valence-electron chi connectivity index (χ3n) is 5.70. The van der Waals surface area contributed by atoms with Crippen LogP contribution in [0.4, 0.5) is 0 Å². The number of carbonyl (C=O) groups is 1. The average molecular weight is 376 g/mol. The van der Waals surface area contributed by atoms with E-state index in [-0.39, 0.29) is 5.78 Å². The van der Waals surface area contributed by atoms with Crippen LogP contribution in [0.2, 0.25) is 0 Å². The molecule has 3 rings (SSSR count). The number of ketones is 1. The molecule has 2 heteroatoms. The molecule has 28 heavy (non-hydrogen) atoms. The number of allylic oxidation sites excluding steroid dienone is 2. The Bertz CT molecular complexity index is 798. The van der Waals surface area contributed by atoms with Crippen LogP contribution in [0.1, 0.15) is 73.9 Å². The summed E-state index contributed by atoms with van der Waals surface area (Å²) in [6.07, 6.45) is 7.41. The standard InChI is InChI=1S/C26H33NO/c1-3-5-18-27(19-6-4-2)25-17-16-21-12-10-11-15-23(21)24(25)20-26(28)22-13-8-7-9-14-22/h7-15H,3-6,16-20H2,1-2H3. The van der Waals surface area contributed by atoms with Gasteiger partial charge in [0.05, 0.1) is 0 Å². The molecule has 0 N–H and O–H groups in total. The first kappa shape index (κ1) is 20.4. The predicted octanol–water partition coefficient (Wildman–Crippen LogP) is 6.52. The number of benzene rings is 2. The quantitative estimate of drug-likeness (QED) is 0.441. The van der Waals surface area contributed by atoms with Crippen LogP contribution in [0.25, 0.3) is 5.57 Å². The van der Waals surface area contributed by atoms with Gasteiger partial charge in [-0.1, -0.05) is 81.3 Å². The van der Waals surface area contributed by atoms with E-state index >= 15 is 0 Å². The number of hydrogen-bond acceptors (Lipinski definition) is 2. The number of carbonyl (C=O) groups excluding carboxylic acids is 1. The van der Waals surface area contributed by atoms with Crippen molar-refractivity contribution < 1.29 is 4.79 Å². The van der Waals surface area contributed by atoms with Gasteiger partial charge in [-0.3, -0.25) is 4.79 Å². The Morgan fingerprint density at radius 1 is 0.857 bits per heavy atom. The molecule has 0 unspecified atom stereocenters. The molecule has 0 spiro atoms. The van der Waals surface area contributed by atoms with Crippen LogP contribution in [-0.2, 0) is 6.42 Å². The van der Waals surface area contributed by atoms with Crippen molar-refractivity contribution in [1.29, 1.82) is 0 Å². The molecule has 0 fully saturated rings. The Hall–Kier alpha value is -2.35. The third kappa shape index (κ3) is 4.92. The van der Waals surface area contributed by atoms with Crippen molar-refractivity contribution in [2.75, 3.05) is 13.1 Å². The fourth-order valence-electron chi connectivity index (χ4n) is 4.10. The molecule has 0 aliphatic heterocycles. The third-order valence-corrected chi connectivity index (χ3v) is 5.70. The van der Waals surface area contributed by atoms with Gasteiger partial charge in [-0.25, -0.2) is 0 Å². The molecule has 148 valence electrons. The summed E-state index contributed by atoms with van der Waals surface area (Å²) in [6, 6.07) is 18.4. The lowest BCUT2D eigenvalue weighted by molar-refractivity contribution is 0.0997. The van der Waals surface area contributed by atoms with E-state index < -0.39 is 0 Å². The topological polar surface area (TPSA) is 20.3 Å². The van der Waals surface area contributed by atoms with E-state index in [1.165, 1.54) is 48.1 Å². The molecule has 0 aromatic heterocycles. The van der Waals surface area contributed by atoms with Crippen molar-refractivity contribution >= 4 is 11.4 Å². The van der Waals surface area contributed by atoms with Crippen LogP contribution in [0.3, 0.4) is 0 Å². The summed E-state index contributed by atoms with van der Waals surface area (Å²) >= 11 is 0. The zero-order valence-corrected chi connectivity index (χ0v) is 17.4. The maximum atomic E-state index is 13.1. The largest absolute Gasteiger partial charge is 0.375 e. The zero-order valence-electron chi connectivity index (χ0n) is 17.4. The van der Waals surface area contributed by atoms with Crippen molar-refractivity contribution in [2.45, 2.75) is 58.8 Å². The Morgan fingerprint density at radius 2 is 1.50 bits per heavy atom. The van der Waals surface area contributed by atoms with Crippen LogP contribution in [0.5, 0.6) is 0 Å². The number of Topliss-reactive ketones (excluding diaryl/α,β-unsaturated/α-hetero) is 1. The maximum absolute atomic E-state index is 13.1. The molecule has 0 heterocycles. The molecule has 0 saturated carbocycles. The minimum absolute atomic E-state index is 0.218. The summed E-state index contributed by atoms with van der Waals surface area (Å²) in [6.45, 7) is 6.69. The molecular formula is C26H33NO. The Kier molecular flexibility index (Phi) is 7.47. The van der Waals surface area contributed by atoms with Crippen molar-refractivity contribution in [3.63, 3.8) is 0 Å². The number of hydrogen-bond donors (Lipinski definition) is 0. The highest BCUT2D eigenvalue weighted by Crippen LogP contribution is 2.36. The summed E-state index contributed by atoms with van der Waals surface area (Å²) in [4.78, 5) is 15.6. The van der Waals surface area contributed by atoms with Crippen molar-refractivity contribution in [2.24, 2.45) is 0 Å². The van der Waals surface area contributed by atoms with Gasteiger partial charge in [-0.2, -0.15) is 0 Å². The number of rotatable bonds is 10. The second kappa shape index (κ2) is 10.3. The Balaban J connectivity index is 1.98. The molecule has 2 aromatic carbocycles. The first-order valence-electron chi connectivity index (χ1n) is 10.9. The summed E-state index contributed by atoms with van der Waals surface area (Å²) in [5.41, 5.74) is 6.14. The van der Waals surface area contributed by atoms with Gasteiger partial charge in [0, 0.05) is 30.8 Å². The van der Waals surface area contributed by atoms with Gasteiger partial charge in [0.1, 0.15) is 0 Å². The lowest BCUT2D eigenvalue weighted by Crippen LogP contribution is -2.29. The van der Waals surface area contributed by atoms with E-state index in [0.29, 0.717) is 6.42 Å². The molecule has 0 amide bonds. The molecule has 0 radical (unpaired) electrons. The van der Waals surface area contributed by atoms with Gasteiger partial charge in [-0.15, -0.1) is 0 Å². The smallest absolute Gasteiger partial charge is 0.167 e. The molecule has 2 aromatic rings. The monoisotopic (exact) mass is 375 g/mol. The molecule has 0 bridgehead atoms. The van der Waals surface area contributed by atoms with Crippen molar-refractivity contribution in [3.05, 3.63) is 77.0 Å². The van der Waals surface area contributed by atoms with Crippen LogP contribution >= 0.6 is 0 Å². The Labute approximate surface area is 170 Å². The number of fused-ring (bicyclic) bond motifs is 1. The van der Waals surface area contributed by atoms with Gasteiger partial charge >= 0.3 is 0 Å². The van der Waals surface area contributed by atoms with Gasteiger partial charge in [0.2, 0.25) is 0 Å². The second-order valence-corrected chi connectivity index (χ2v) is 7.74. The van der Waals surface area contributed by atoms with E-state index in [1.807, 2.05) is 30.3 Å². The van der Waals surface area contributed by atoms with E-state index in [9.17, 15) is 4.79 Å². The summed E-state index contributed by atoms with van der Waals surface area (Å²) in [5, 5.41) is 0. The highest BCUT2D eigenvalue weighted by molar-refractivity contribution is 6.03. The van der Waals surface area contributed by atoms with Crippen molar-refractivity contribution in [1.82, 2.24) is 4.90 Å². The van der Waals surface area contributed by atoms with E-state index in [4.69, 9.17) is 0 Å². The molecule has 1 aliphatic rings. The molecule has 1 aliphatic carbocycles. The predicted molar refractivity (Wildman–Crippen MR) is 118 cm³/mol. The van der Waals surface area contributed by atoms with Gasteiger partial charge in [0.15, 0.2) is 5.78 Å². The molecular weight excluding hydrogens is 342 g/mol. The second-order valence-electron chi connectivity index (χ2n) is 7.74. The summed E-state index contributed by atoms with van der Waals surface area (Å²) < 4.78 is 0. The zero-order chi connectivity index (χ0) is 19.8. The number of nitrogens with zero attached hydrogens (tertiary/aromatic N) is 1. The van der Waals surface area contributed by atoms with Gasteiger partial charge in [-0.05, 0) is 42.4 Å². The molecule has 0 saturated heterocycles. The lowest BCUT2D eigenvalue weighted by Gasteiger charge is -2.33. The van der Waals surface area contributed by atoms with E-state index in [1.54, 1.807) is 0 Å². The highest BCUT2D eigenvalue weighted by atomic mass is 16.1. The summed E-state index contributed by atoms with van der Waals surface area (Å²) in [5.74, 6) is 0.218. The Morgan fingerprint density at radius 3 is 2.18 bits per heavy atom. The fraction of sp³-hybridized carbons (Fsp3) is 0.423. The van der Waals surface area contributed by atoms with Crippen LogP contribution in [0, 0.1) is 0 Å². The fourth-order valence-corrected chi connectivity index (χ4v) is 4.10. The maximum Gasteiger partial charge on any atom is 0.167 e. The lowest BCUT2D eigenvalue weighted by atomic mass is 9.84. The minimum Gasteiger partial charge on any atom is -0.375 e. The first-order chi connectivity index (χ1) is 13.7. The van der Waals surface area contributed by atoms with Gasteiger partial charge in [0.25, 0.3) is 0 Å².